The molecule has 4 aromatic rings. The number of ether oxygens (including phenoxy) is 1. The van der Waals surface area contributed by atoms with E-state index in [1.54, 1.807) is 36.5 Å². The van der Waals surface area contributed by atoms with Crippen LogP contribution in [0.1, 0.15) is 32.5 Å². The molecule has 0 amide bonds. The molecule has 0 aliphatic carbocycles. The van der Waals surface area contributed by atoms with Gasteiger partial charge in [0.25, 0.3) is 0 Å². The summed E-state index contributed by atoms with van der Waals surface area (Å²) in [6.45, 7) is 0. The van der Waals surface area contributed by atoms with E-state index in [4.69, 9.17) is 16.3 Å². The highest BCUT2D eigenvalue weighted by molar-refractivity contribution is 6.30. The number of fused-ring (bicyclic) bond motifs is 1. The number of halogens is 1. The molecule has 6 heteroatoms. The lowest BCUT2D eigenvalue weighted by atomic mass is 9.99. The van der Waals surface area contributed by atoms with E-state index < -0.39 is 12.1 Å². The van der Waals surface area contributed by atoms with E-state index >= 15 is 0 Å². The zero-order valence-electron chi connectivity index (χ0n) is 14.6. The van der Waals surface area contributed by atoms with Crippen LogP contribution in [0.3, 0.4) is 0 Å². The fourth-order valence-electron chi connectivity index (χ4n) is 3.00. The molecular weight excluding hydrogens is 376 g/mol. The van der Waals surface area contributed by atoms with Crippen molar-refractivity contribution in [3.63, 3.8) is 0 Å². The van der Waals surface area contributed by atoms with Crippen molar-refractivity contribution in [3.8, 4) is 0 Å². The van der Waals surface area contributed by atoms with Crippen LogP contribution in [0.15, 0.2) is 79.1 Å². The molecule has 0 aliphatic rings. The van der Waals surface area contributed by atoms with Crippen LogP contribution < -0.4 is 0 Å². The Kier molecular flexibility index (Phi) is 4.91. The Bertz CT molecular complexity index is 1150. The van der Waals surface area contributed by atoms with Crippen molar-refractivity contribution in [2.75, 3.05) is 0 Å². The van der Waals surface area contributed by atoms with Gasteiger partial charge in [0.05, 0.1) is 0 Å². The molecule has 0 saturated carbocycles. The number of nitrogens with zero attached hydrogens (tertiary/aromatic N) is 1. The van der Waals surface area contributed by atoms with Crippen LogP contribution in [-0.4, -0.2) is 21.7 Å². The van der Waals surface area contributed by atoms with Crippen LogP contribution in [-0.2, 0) is 4.74 Å². The molecule has 1 N–H and O–H groups in total. The van der Waals surface area contributed by atoms with Gasteiger partial charge in [-0.15, -0.1) is 0 Å². The number of aromatic nitrogens is 2. The van der Waals surface area contributed by atoms with Gasteiger partial charge in [-0.25, -0.2) is 9.78 Å². The van der Waals surface area contributed by atoms with E-state index in [1.165, 1.54) is 12.3 Å². The lowest BCUT2D eigenvalue weighted by Crippen LogP contribution is -2.20. The second kappa shape index (κ2) is 7.66. The van der Waals surface area contributed by atoms with E-state index in [-0.39, 0.29) is 11.5 Å². The Balaban J connectivity index is 1.72. The summed E-state index contributed by atoms with van der Waals surface area (Å²) in [4.78, 5) is 33.0. The summed E-state index contributed by atoms with van der Waals surface area (Å²) in [7, 11) is 0. The maximum Gasteiger partial charge on any atom is 0.358 e. The number of rotatable bonds is 5. The fourth-order valence-corrected chi connectivity index (χ4v) is 3.16. The third-order valence-corrected chi connectivity index (χ3v) is 4.59. The minimum Gasteiger partial charge on any atom is -0.444 e. The van der Waals surface area contributed by atoms with E-state index in [0.29, 0.717) is 16.1 Å². The summed E-state index contributed by atoms with van der Waals surface area (Å²) in [5, 5.41) is 1.13. The van der Waals surface area contributed by atoms with Crippen LogP contribution in [0.2, 0.25) is 5.02 Å². The lowest BCUT2D eigenvalue weighted by molar-refractivity contribution is 0.0275. The largest absolute Gasteiger partial charge is 0.444 e. The van der Waals surface area contributed by atoms with E-state index in [2.05, 4.69) is 9.97 Å². The molecule has 0 spiro atoms. The number of hydrogen-bond acceptors (Lipinski definition) is 4. The highest BCUT2D eigenvalue weighted by Gasteiger charge is 2.29. The maximum atomic E-state index is 13.3. The third-order valence-electron chi connectivity index (χ3n) is 4.35. The van der Waals surface area contributed by atoms with E-state index in [1.807, 2.05) is 30.3 Å². The Hall–Kier alpha value is -3.44. The Morgan fingerprint density at radius 3 is 2.54 bits per heavy atom. The van der Waals surface area contributed by atoms with Crippen LogP contribution >= 0.6 is 11.6 Å². The number of para-hydroxylation sites is 1. The van der Waals surface area contributed by atoms with Gasteiger partial charge in [0.15, 0.2) is 6.10 Å². The number of benzene rings is 2. The van der Waals surface area contributed by atoms with Gasteiger partial charge in [-0.2, -0.15) is 0 Å². The summed E-state index contributed by atoms with van der Waals surface area (Å²) in [6, 6.07) is 19.3. The highest BCUT2D eigenvalue weighted by Crippen LogP contribution is 2.28. The minimum atomic E-state index is -1.10. The van der Waals surface area contributed by atoms with Crippen LogP contribution in [0.4, 0.5) is 0 Å². The standard InChI is InChI=1S/C22H15ClN2O3/c23-15-10-11-24-19(12-15)22(27)28-21(14-6-2-1-3-7-14)20(26)17-13-25-18-9-5-4-8-16(17)18/h1-13,21,25H/t21-/m1/s1. The number of ketones is 1. The number of Topliss-reactive ketones (excluding diaryl/α,β-unsaturated/α-hetero) is 1. The molecule has 0 saturated heterocycles. The molecule has 5 nitrogen and oxygen atoms in total. The topological polar surface area (TPSA) is 72.1 Å². The summed E-state index contributed by atoms with van der Waals surface area (Å²) >= 11 is 5.93. The summed E-state index contributed by atoms with van der Waals surface area (Å²) in [6.07, 6.45) is 1.94. The lowest BCUT2D eigenvalue weighted by Gasteiger charge is -2.17. The van der Waals surface area contributed by atoms with Crippen molar-refractivity contribution in [2.24, 2.45) is 0 Å². The molecule has 28 heavy (non-hydrogen) atoms. The first-order valence-corrected chi connectivity index (χ1v) is 8.99. The summed E-state index contributed by atoms with van der Waals surface area (Å²) in [5.74, 6) is -1.04. The fraction of sp³-hybridized carbons (Fsp3) is 0.0455. The van der Waals surface area contributed by atoms with Crippen LogP contribution in [0.25, 0.3) is 10.9 Å². The Morgan fingerprint density at radius 1 is 1.00 bits per heavy atom. The first-order valence-electron chi connectivity index (χ1n) is 8.61. The number of carbonyl (C=O) groups is 2. The molecule has 4 rings (SSSR count). The summed E-state index contributed by atoms with van der Waals surface area (Å²) in [5.41, 5.74) is 1.91. The number of pyridine rings is 1. The van der Waals surface area contributed by atoms with Crippen molar-refractivity contribution in [1.29, 1.82) is 0 Å². The predicted molar refractivity (Wildman–Crippen MR) is 106 cm³/mol. The first-order chi connectivity index (χ1) is 13.6. The van der Waals surface area contributed by atoms with Gasteiger partial charge >= 0.3 is 5.97 Å². The molecule has 1 atom stereocenters. The minimum absolute atomic E-state index is 0.0418. The molecular formula is C22H15ClN2O3. The van der Waals surface area contributed by atoms with E-state index in [9.17, 15) is 9.59 Å². The van der Waals surface area contributed by atoms with Crippen LogP contribution in [0, 0.1) is 0 Å². The second-order valence-corrected chi connectivity index (χ2v) is 6.60. The SMILES string of the molecule is O=C(O[C@@H](C(=O)c1c[nH]c2ccccc12)c1ccccc1)c1cc(Cl)ccn1. The van der Waals surface area contributed by atoms with Crippen molar-refractivity contribution in [2.45, 2.75) is 6.10 Å². The van der Waals surface area contributed by atoms with Gasteiger partial charge in [-0.1, -0.05) is 60.1 Å². The molecule has 2 aromatic carbocycles. The van der Waals surface area contributed by atoms with Gasteiger partial charge < -0.3 is 9.72 Å². The molecule has 2 aromatic heterocycles. The van der Waals surface area contributed by atoms with Gasteiger partial charge in [0, 0.05) is 39.4 Å². The molecule has 138 valence electrons. The Labute approximate surface area is 165 Å². The zero-order valence-corrected chi connectivity index (χ0v) is 15.4. The van der Waals surface area contributed by atoms with Gasteiger partial charge in [0.2, 0.25) is 5.78 Å². The molecule has 0 unspecified atom stereocenters. The average Bonchev–Trinajstić information content (AvgIpc) is 3.16. The van der Waals surface area contributed by atoms with Crippen molar-refractivity contribution < 1.29 is 14.3 Å². The Morgan fingerprint density at radius 2 is 1.75 bits per heavy atom. The van der Waals surface area contributed by atoms with Gasteiger partial charge in [-0.3, -0.25) is 4.79 Å². The molecule has 0 aliphatic heterocycles. The number of hydrogen-bond donors (Lipinski definition) is 1. The molecule has 0 radical (unpaired) electrons. The number of carbonyl (C=O) groups excluding carboxylic acids is 2. The number of nitrogens with one attached hydrogen (secondary N) is 1. The number of esters is 1. The van der Waals surface area contributed by atoms with Gasteiger partial charge in [0.1, 0.15) is 5.69 Å². The zero-order chi connectivity index (χ0) is 19.5. The number of H-pyrrole nitrogens is 1. The maximum absolute atomic E-state index is 13.3. The third kappa shape index (κ3) is 3.52. The van der Waals surface area contributed by atoms with Crippen molar-refractivity contribution in [1.82, 2.24) is 9.97 Å². The average molecular weight is 391 g/mol. The molecule has 2 heterocycles. The smallest absolute Gasteiger partial charge is 0.358 e. The van der Waals surface area contributed by atoms with E-state index in [0.717, 1.165) is 10.9 Å². The number of aromatic amines is 1. The quantitative estimate of drug-likeness (QED) is 0.384. The normalized spacial score (nSPS) is 11.9. The second-order valence-electron chi connectivity index (χ2n) is 6.17. The highest BCUT2D eigenvalue weighted by atomic mass is 35.5. The first kappa shape index (κ1) is 17.9. The predicted octanol–water partition coefficient (Wildman–Crippen LogP) is 5.00. The monoisotopic (exact) mass is 390 g/mol. The van der Waals surface area contributed by atoms with Crippen LogP contribution in [0.5, 0.6) is 0 Å². The van der Waals surface area contributed by atoms with Gasteiger partial charge in [-0.05, 0) is 18.2 Å². The van der Waals surface area contributed by atoms with Crippen molar-refractivity contribution >= 4 is 34.3 Å². The summed E-state index contributed by atoms with van der Waals surface area (Å²) < 4.78 is 5.59. The molecule has 0 bridgehead atoms. The van der Waals surface area contributed by atoms with Crippen molar-refractivity contribution in [3.05, 3.63) is 101 Å². The molecule has 0 fully saturated rings.